The first-order valence-corrected chi connectivity index (χ1v) is 7.36. The Bertz CT molecular complexity index is 570. The third kappa shape index (κ3) is 2.94. The molecular formula is C13H11BrClNOS. The molecule has 0 atom stereocenters. The zero-order valence-electron chi connectivity index (χ0n) is 9.69. The first-order valence-electron chi connectivity index (χ1n) is 5.31. The number of carbonyl (C=O) groups is 1. The van der Waals surface area contributed by atoms with Gasteiger partial charge in [0.15, 0.2) is 0 Å². The van der Waals surface area contributed by atoms with Gasteiger partial charge < -0.3 is 4.90 Å². The van der Waals surface area contributed by atoms with Gasteiger partial charge in [-0.05, 0) is 23.1 Å². The van der Waals surface area contributed by atoms with Crippen molar-refractivity contribution in [3.8, 4) is 0 Å². The van der Waals surface area contributed by atoms with Gasteiger partial charge in [-0.1, -0.05) is 45.7 Å². The van der Waals surface area contributed by atoms with Crippen LogP contribution in [0.1, 0.15) is 15.2 Å². The lowest BCUT2D eigenvalue weighted by atomic mass is 10.2. The van der Waals surface area contributed by atoms with Gasteiger partial charge in [-0.3, -0.25) is 4.79 Å². The summed E-state index contributed by atoms with van der Waals surface area (Å²) in [6, 6.07) is 9.60. The third-order valence-corrected chi connectivity index (χ3v) is 4.63. The SMILES string of the molecule is CN(Cc1ccccc1Br)C(=O)c1sccc1Cl. The van der Waals surface area contributed by atoms with Crippen molar-refractivity contribution in [1.29, 1.82) is 0 Å². The topological polar surface area (TPSA) is 20.3 Å². The number of carbonyl (C=O) groups excluding carboxylic acids is 1. The zero-order chi connectivity index (χ0) is 13.1. The Morgan fingerprint density at radius 2 is 2.11 bits per heavy atom. The van der Waals surface area contributed by atoms with Gasteiger partial charge >= 0.3 is 0 Å². The van der Waals surface area contributed by atoms with Gasteiger partial charge in [0.2, 0.25) is 0 Å². The minimum absolute atomic E-state index is 0.0502. The van der Waals surface area contributed by atoms with Gasteiger partial charge in [0, 0.05) is 18.1 Å². The normalized spacial score (nSPS) is 10.4. The van der Waals surface area contributed by atoms with Crippen molar-refractivity contribution in [3.05, 3.63) is 55.6 Å². The average molecular weight is 345 g/mol. The van der Waals surface area contributed by atoms with Gasteiger partial charge in [-0.15, -0.1) is 11.3 Å². The van der Waals surface area contributed by atoms with Crippen molar-refractivity contribution in [1.82, 2.24) is 4.90 Å². The number of nitrogens with zero attached hydrogens (tertiary/aromatic N) is 1. The van der Waals surface area contributed by atoms with E-state index >= 15 is 0 Å². The van der Waals surface area contributed by atoms with Crippen LogP contribution in [0.15, 0.2) is 40.2 Å². The van der Waals surface area contributed by atoms with Gasteiger partial charge in [0.25, 0.3) is 5.91 Å². The lowest BCUT2D eigenvalue weighted by Gasteiger charge is -2.17. The Morgan fingerprint density at radius 1 is 1.39 bits per heavy atom. The largest absolute Gasteiger partial charge is 0.337 e. The van der Waals surface area contributed by atoms with Crippen molar-refractivity contribution in [2.75, 3.05) is 7.05 Å². The molecule has 0 spiro atoms. The van der Waals surface area contributed by atoms with Crippen LogP contribution in [-0.2, 0) is 6.54 Å². The second-order valence-corrected chi connectivity index (χ2v) is 6.03. The molecule has 0 bridgehead atoms. The predicted octanol–water partition coefficient (Wildman–Crippen LogP) is 4.44. The van der Waals surface area contributed by atoms with E-state index in [1.54, 1.807) is 18.0 Å². The molecule has 0 aliphatic rings. The molecule has 0 N–H and O–H groups in total. The summed E-state index contributed by atoms with van der Waals surface area (Å²) in [7, 11) is 1.78. The molecule has 0 fully saturated rings. The molecule has 0 radical (unpaired) electrons. The summed E-state index contributed by atoms with van der Waals surface area (Å²) in [6.07, 6.45) is 0. The summed E-state index contributed by atoms with van der Waals surface area (Å²) in [6.45, 7) is 0.550. The van der Waals surface area contributed by atoms with Crippen LogP contribution < -0.4 is 0 Å². The van der Waals surface area contributed by atoms with E-state index in [2.05, 4.69) is 15.9 Å². The van der Waals surface area contributed by atoms with Crippen LogP contribution in [-0.4, -0.2) is 17.9 Å². The second kappa shape index (κ2) is 5.87. The Labute approximate surface area is 123 Å². The highest BCUT2D eigenvalue weighted by molar-refractivity contribution is 9.10. The lowest BCUT2D eigenvalue weighted by molar-refractivity contribution is 0.0790. The Morgan fingerprint density at radius 3 is 2.72 bits per heavy atom. The average Bonchev–Trinajstić information content (AvgIpc) is 2.77. The fourth-order valence-corrected chi connectivity index (χ4v) is 3.11. The van der Waals surface area contributed by atoms with Crippen LogP contribution in [0.5, 0.6) is 0 Å². The summed E-state index contributed by atoms with van der Waals surface area (Å²) >= 11 is 10.8. The van der Waals surface area contributed by atoms with Crippen molar-refractivity contribution < 1.29 is 4.79 Å². The fourth-order valence-electron chi connectivity index (χ4n) is 1.57. The minimum Gasteiger partial charge on any atom is -0.337 e. The molecular weight excluding hydrogens is 334 g/mol. The summed E-state index contributed by atoms with van der Waals surface area (Å²) in [5, 5.41) is 2.34. The van der Waals surface area contributed by atoms with Crippen LogP contribution in [0, 0.1) is 0 Å². The molecule has 1 amide bonds. The van der Waals surface area contributed by atoms with E-state index in [-0.39, 0.29) is 5.91 Å². The van der Waals surface area contributed by atoms with Crippen LogP contribution in [0.4, 0.5) is 0 Å². The molecule has 0 saturated carbocycles. The second-order valence-electron chi connectivity index (χ2n) is 3.85. The van der Waals surface area contributed by atoms with E-state index in [4.69, 9.17) is 11.6 Å². The molecule has 0 aliphatic carbocycles. The maximum atomic E-state index is 12.2. The van der Waals surface area contributed by atoms with Gasteiger partial charge in [0.05, 0.1) is 5.02 Å². The number of hydrogen-bond acceptors (Lipinski definition) is 2. The molecule has 0 unspecified atom stereocenters. The van der Waals surface area contributed by atoms with Crippen molar-refractivity contribution in [2.45, 2.75) is 6.54 Å². The number of halogens is 2. The van der Waals surface area contributed by atoms with E-state index in [0.29, 0.717) is 16.4 Å². The smallest absolute Gasteiger partial charge is 0.265 e. The number of hydrogen-bond donors (Lipinski definition) is 0. The maximum absolute atomic E-state index is 12.2. The Balaban J connectivity index is 2.14. The van der Waals surface area contributed by atoms with E-state index in [1.807, 2.05) is 29.6 Å². The van der Waals surface area contributed by atoms with E-state index in [0.717, 1.165) is 10.0 Å². The summed E-state index contributed by atoms with van der Waals surface area (Å²) < 4.78 is 1.00. The minimum atomic E-state index is -0.0502. The molecule has 18 heavy (non-hydrogen) atoms. The van der Waals surface area contributed by atoms with Crippen LogP contribution in [0.25, 0.3) is 0 Å². The number of thiophene rings is 1. The lowest BCUT2D eigenvalue weighted by Crippen LogP contribution is -2.25. The molecule has 2 nitrogen and oxygen atoms in total. The Hall–Kier alpha value is -0.840. The predicted molar refractivity (Wildman–Crippen MR) is 79.3 cm³/mol. The highest BCUT2D eigenvalue weighted by Crippen LogP contribution is 2.24. The third-order valence-electron chi connectivity index (χ3n) is 2.52. The van der Waals surface area contributed by atoms with E-state index in [9.17, 15) is 4.79 Å². The molecule has 2 aromatic rings. The number of amides is 1. The summed E-state index contributed by atoms with van der Waals surface area (Å²) in [5.74, 6) is -0.0502. The molecule has 1 aromatic carbocycles. The zero-order valence-corrected chi connectivity index (χ0v) is 12.8. The molecule has 0 aliphatic heterocycles. The molecule has 5 heteroatoms. The quantitative estimate of drug-likeness (QED) is 0.806. The number of benzene rings is 1. The van der Waals surface area contributed by atoms with Gasteiger partial charge in [-0.25, -0.2) is 0 Å². The van der Waals surface area contributed by atoms with Crippen LogP contribution in [0.3, 0.4) is 0 Å². The number of rotatable bonds is 3. The molecule has 0 saturated heterocycles. The molecule has 2 rings (SSSR count). The first kappa shape index (κ1) is 13.6. The van der Waals surface area contributed by atoms with Gasteiger partial charge in [-0.2, -0.15) is 0 Å². The highest BCUT2D eigenvalue weighted by Gasteiger charge is 2.17. The molecule has 1 heterocycles. The molecule has 94 valence electrons. The van der Waals surface area contributed by atoms with Crippen LogP contribution >= 0.6 is 38.9 Å². The van der Waals surface area contributed by atoms with Gasteiger partial charge in [0.1, 0.15) is 4.88 Å². The maximum Gasteiger partial charge on any atom is 0.265 e. The fraction of sp³-hybridized carbons (Fsp3) is 0.154. The monoisotopic (exact) mass is 343 g/mol. The molecule has 1 aromatic heterocycles. The van der Waals surface area contributed by atoms with E-state index in [1.165, 1.54) is 11.3 Å². The Kier molecular flexibility index (Phi) is 4.43. The standard InChI is InChI=1S/C13H11BrClNOS/c1-16(8-9-4-2-3-5-10(9)14)13(17)12-11(15)6-7-18-12/h2-7H,8H2,1H3. The highest BCUT2D eigenvalue weighted by atomic mass is 79.9. The summed E-state index contributed by atoms with van der Waals surface area (Å²) in [4.78, 5) is 14.4. The van der Waals surface area contributed by atoms with Crippen LogP contribution in [0.2, 0.25) is 5.02 Å². The summed E-state index contributed by atoms with van der Waals surface area (Å²) in [5.41, 5.74) is 1.07. The van der Waals surface area contributed by atoms with Crippen molar-refractivity contribution in [3.63, 3.8) is 0 Å². The van der Waals surface area contributed by atoms with E-state index < -0.39 is 0 Å². The van der Waals surface area contributed by atoms with Crippen molar-refractivity contribution in [2.24, 2.45) is 0 Å². The van der Waals surface area contributed by atoms with Crippen molar-refractivity contribution >= 4 is 44.8 Å². The first-order chi connectivity index (χ1) is 8.59.